The lowest BCUT2D eigenvalue weighted by atomic mass is 9.81. The Kier molecular flexibility index (Phi) is 7.43. The molecule has 0 N–H and O–H groups in total. The second kappa shape index (κ2) is 9.62. The Morgan fingerprint density at radius 2 is 1.61 bits per heavy atom. The van der Waals surface area contributed by atoms with Gasteiger partial charge in [0.05, 0.1) is 11.2 Å². The first kappa shape index (κ1) is 25.5. The lowest BCUT2D eigenvalue weighted by Crippen LogP contribution is -2.41. The maximum Gasteiger partial charge on any atom is 0.498 e. The Bertz CT molecular complexity index is 949. The summed E-state index contributed by atoms with van der Waals surface area (Å²) < 4.78 is 31.3. The molecule has 0 spiro atoms. The highest BCUT2D eigenvalue weighted by molar-refractivity contribution is 6.76. The first-order valence-electron chi connectivity index (χ1n) is 11.1. The summed E-state index contributed by atoms with van der Waals surface area (Å²) in [7, 11) is -1.89. The van der Waals surface area contributed by atoms with Crippen LogP contribution in [-0.4, -0.2) is 55.6 Å². The van der Waals surface area contributed by atoms with Crippen molar-refractivity contribution >= 4 is 32.2 Å². The van der Waals surface area contributed by atoms with Gasteiger partial charge in [-0.25, -0.2) is 14.4 Å². The highest BCUT2D eigenvalue weighted by Gasteiger charge is 2.52. The number of ether oxygens (including phenoxy) is 1. The summed E-state index contributed by atoms with van der Waals surface area (Å²) in [4.78, 5) is 23.2. The van der Waals surface area contributed by atoms with E-state index in [1.54, 1.807) is 0 Å². The van der Waals surface area contributed by atoms with Crippen LogP contribution in [0.2, 0.25) is 25.7 Å². The van der Waals surface area contributed by atoms with Crippen LogP contribution in [0, 0.1) is 5.82 Å². The summed E-state index contributed by atoms with van der Waals surface area (Å²) in [6, 6.07) is 6.65. The second-order valence-corrected chi connectivity index (χ2v) is 16.1. The molecule has 178 valence electrons. The highest BCUT2D eigenvalue weighted by Crippen LogP contribution is 2.36. The van der Waals surface area contributed by atoms with Crippen molar-refractivity contribution in [3.05, 3.63) is 48.3 Å². The largest absolute Gasteiger partial charge is 0.498 e. The molecule has 1 aromatic carbocycles. The van der Waals surface area contributed by atoms with Crippen molar-refractivity contribution < 1.29 is 23.2 Å². The molecule has 0 bridgehead atoms. The van der Waals surface area contributed by atoms with Crippen LogP contribution in [0.4, 0.5) is 10.1 Å². The van der Waals surface area contributed by atoms with Crippen molar-refractivity contribution in [2.45, 2.75) is 64.6 Å². The molecule has 3 rings (SSSR count). The molecule has 1 fully saturated rings. The molecule has 0 aliphatic carbocycles. The monoisotopic (exact) mass is 473 g/mol. The maximum atomic E-state index is 13.4. The van der Waals surface area contributed by atoms with Crippen molar-refractivity contribution in [3.63, 3.8) is 0 Å². The van der Waals surface area contributed by atoms with Crippen molar-refractivity contribution in [1.82, 2.24) is 9.97 Å². The van der Waals surface area contributed by atoms with E-state index in [0.717, 1.165) is 6.04 Å². The van der Waals surface area contributed by atoms with E-state index in [4.69, 9.17) is 14.0 Å². The topological polar surface area (TPSA) is 73.8 Å². The summed E-state index contributed by atoms with van der Waals surface area (Å²) >= 11 is 0. The third-order valence-corrected chi connectivity index (χ3v) is 7.69. The molecule has 1 aromatic heterocycles. The van der Waals surface area contributed by atoms with E-state index in [9.17, 15) is 9.18 Å². The molecular formula is C23H33BFN3O4Si. The number of anilines is 1. The van der Waals surface area contributed by atoms with Crippen molar-refractivity contribution in [2.75, 3.05) is 18.2 Å². The van der Waals surface area contributed by atoms with E-state index in [1.807, 2.05) is 27.7 Å². The van der Waals surface area contributed by atoms with Gasteiger partial charge in [-0.2, -0.15) is 0 Å². The molecule has 7 nitrogen and oxygen atoms in total. The van der Waals surface area contributed by atoms with Gasteiger partial charge >= 0.3 is 7.12 Å². The number of hydrogen-bond donors (Lipinski definition) is 0. The molecule has 0 atom stereocenters. The first-order valence-corrected chi connectivity index (χ1v) is 14.8. The lowest BCUT2D eigenvalue weighted by molar-refractivity contribution is 0.00578. The fraction of sp³-hybridized carbons (Fsp3) is 0.522. The Morgan fingerprint density at radius 3 is 2.12 bits per heavy atom. The molecule has 0 saturated carbocycles. The van der Waals surface area contributed by atoms with Crippen LogP contribution in [0.5, 0.6) is 0 Å². The van der Waals surface area contributed by atoms with Gasteiger partial charge in [0.15, 0.2) is 0 Å². The smallest absolute Gasteiger partial charge is 0.399 e. The fourth-order valence-electron chi connectivity index (χ4n) is 3.08. The molecular weight excluding hydrogens is 440 g/mol. The average molecular weight is 473 g/mol. The Labute approximate surface area is 196 Å². The summed E-state index contributed by atoms with van der Waals surface area (Å²) in [6.45, 7) is 15.2. The number of hydrogen-bond acceptors (Lipinski definition) is 6. The Balaban J connectivity index is 1.75. The number of nitrogens with zero attached hydrogens (tertiary/aromatic N) is 3. The number of amides is 1. The van der Waals surface area contributed by atoms with Gasteiger partial charge in [-0.05, 0) is 58.0 Å². The Hall–Kier alpha value is -2.14. The van der Waals surface area contributed by atoms with E-state index in [0.29, 0.717) is 17.8 Å². The van der Waals surface area contributed by atoms with Gasteiger partial charge in [0.25, 0.3) is 5.91 Å². The van der Waals surface area contributed by atoms with Crippen LogP contribution in [0.1, 0.15) is 38.3 Å². The molecule has 1 aliphatic rings. The average Bonchev–Trinajstić information content (AvgIpc) is 2.95. The van der Waals surface area contributed by atoms with E-state index < -0.39 is 32.3 Å². The van der Waals surface area contributed by atoms with E-state index in [1.165, 1.54) is 41.6 Å². The number of halogens is 1. The van der Waals surface area contributed by atoms with Gasteiger partial charge in [0.1, 0.15) is 12.5 Å². The number of benzene rings is 1. The van der Waals surface area contributed by atoms with Gasteiger partial charge in [-0.1, -0.05) is 19.6 Å². The normalized spacial score (nSPS) is 17.3. The van der Waals surface area contributed by atoms with E-state index >= 15 is 0 Å². The summed E-state index contributed by atoms with van der Waals surface area (Å²) in [6.07, 6.45) is 3.08. The van der Waals surface area contributed by atoms with Crippen molar-refractivity contribution in [2.24, 2.45) is 0 Å². The highest BCUT2D eigenvalue weighted by atomic mass is 28.3. The standard InChI is InChI=1S/C23H33BFN3O4Si/c1-22(2)23(3,4)32-24(31-22)17-14-26-20(27-15-17)21(29)28(16-30-12-13-33(5,6)7)19-10-8-18(25)9-11-19/h8-11,14-15H,12-13,16H2,1-7H3. The van der Waals surface area contributed by atoms with Gasteiger partial charge in [0.2, 0.25) is 5.82 Å². The predicted octanol–water partition coefficient (Wildman–Crippen LogP) is 3.87. The van der Waals surface area contributed by atoms with Crippen molar-refractivity contribution in [1.29, 1.82) is 0 Å². The quantitative estimate of drug-likeness (QED) is 0.329. The summed E-state index contributed by atoms with van der Waals surface area (Å²) in [5.74, 6) is -0.808. The third kappa shape index (κ3) is 6.26. The number of aromatic nitrogens is 2. The molecule has 1 amide bonds. The van der Waals surface area contributed by atoms with Gasteiger partial charge in [0, 0.05) is 38.2 Å². The zero-order valence-corrected chi connectivity index (χ0v) is 21.5. The number of carbonyl (C=O) groups is 1. The molecule has 1 saturated heterocycles. The van der Waals surface area contributed by atoms with Crippen LogP contribution in [0.25, 0.3) is 0 Å². The SMILES string of the molecule is CC1(C)OB(c2cnc(C(=O)N(COCC[Si](C)(C)C)c3ccc(F)cc3)nc2)OC1(C)C. The minimum atomic E-state index is -1.27. The predicted molar refractivity (Wildman–Crippen MR) is 130 cm³/mol. The van der Waals surface area contributed by atoms with E-state index in [-0.39, 0.29) is 18.4 Å². The molecule has 1 aliphatic heterocycles. The van der Waals surface area contributed by atoms with Crippen molar-refractivity contribution in [3.8, 4) is 0 Å². The zero-order valence-electron chi connectivity index (χ0n) is 20.5. The maximum absolute atomic E-state index is 13.4. The third-order valence-electron chi connectivity index (χ3n) is 5.99. The summed E-state index contributed by atoms with van der Waals surface area (Å²) in [5, 5.41) is 0. The van der Waals surface area contributed by atoms with Gasteiger partial charge < -0.3 is 14.0 Å². The molecule has 2 heterocycles. The minimum absolute atomic E-state index is 0.00777. The fourth-order valence-corrected chi connectivity index (χ4v) is 3.83. The van der Waals surface area contributed by atoms with Crippen LogP contribution in [0.3, 0.4) is 0 Å². The number of carbonyl (C=O) groups excluding carboxylic acids is 1. The second-order valence-electron chi connectivity index (χ2n) is 10.5. The molecule has 0 unspecified atom stereocenters. The molecule has 0 radical (unpaired) electrons. The first-order chi connectivity index (χ1) is 15.3. The molecule has 10 heteroatoms. The molecule has 2 aromatic rings. The Morgan fingerprint density at radius 1 is 1.06 bits per heavy atom. The van der Waals surface area contributed by atoms with Gasteiger partial charge in [-0.15, -0.1) is 0 Å². The summed E-state index contributed by atoms with van der Waals surface area (Å²) in [5.41, 5.74) is 0.162. The van der Waals surface area contributed by atoms with Crippen LogP contribution in [0.15, 0.2) is 36.7 Å². The van der Waals surface area contributed by atoms with E-state index in [2.05, 4.69) is 29.6 Å². The number of rotatable bonds is 8. The van der Waals surface area contributed by atoms with Gasteiger partial charge in [-0.3, -0.25) is 9.69 Å². The van der Waals surface area contributed by atoms with Crippen LogP contribution >= 0.6 is 0 Å². The molecule has 33 heavy (non-hydrogen) atoms. The zero-order chi connectivity index (χ0) is 24.4. The minimum Gasteiger partial charge on any atom is -0.399 e. The van der Waals surface area contributed by atoms with Crippen LogP contribution in [-0.2, 0) is 14.0 Å². The lowest BCUT2D eigenvalue weighted by Gasteiger charge is -2.32. The van der Waals surface area contributed by atoms with Crippen LogP contribution < -0.4 is 10.4 Å².